The molecule has 0 aliphatic heterocycles. The van der Waals surface area contributed by atoms with Gasteiger partial charge in [0.2, 0.25) is 0 Å². The Kier molecular flexibility index (Phi) is 4.39. The van der Waals surface area contributed by atoms with Gasteiger partial charge >= 0.3 is 11.9 Å². The monoisotopic (exact) mass is 335 g/mol. The third-order valence-electron chi connectivity index (χ3n) is 4.14. The molecule has 1 unspecified atom stereocenters. The topological polar surface area (TPSA) is 89.6 Å². The van der Waals surface area contributed by atoms with Crippen LogP contribution in [-0.2, 0) is 9.59 Å². The quantitative estimate of drug-likeness (QED) is 0.387. The van der Waals surface area contributed by atoms with E-state index in [-0.39, 0.29) is 12.2 Å². The van der Waals surface area contributed by atoms with Gasteiger partial charge in [-0.2, -0.15) is 0 Å². The Labute approximate surface area is 145 Å². The van der Waals surface area contributed by atoms with Crippen molar-refractivity contribution in [2.24, 2.45) is 5.41 Å². The summed E-state index contributed by atoms with van der Waals surface area (Å²) in [5.41, 5.74) is 6.22. The normalized spacial score (nSPS) is 19.1. The molecule has 0 fully saturated rings. The predicted octanol–water partition coefficient (Wildman–Crippen LogP) is 3.29. The predicted molar refractivity (Wildman–Crippen MR) is 94.7 cm³/mol. The highest BCUT2D eigenvalue weighted by Crippen LogP contribution is 2.35. The summed E-state index contributed by atoms with van der Waals surface area (Å²) in [6.45, 7) is 0. The molecule has 0 aromatic heterocycles. The number of carboxylic acids is 1. The van der Waals surface area contributed by atoms with Crippen molar-refractivity contribution in [3.8, 4) is 5.75 Å². The fourth-order valence-corrected chi connectivity index (χ4v) is 2.61. The molecule has 0 heterocycles. The van der Waals surface area contributed by atoms with E-state index in [4.69, 9.17) is 10.5 Å². The molecule has 0 saturated heterocycles. The van der Waals surface area contributed by atoms with Gasteiger partial charge in [-0.15, -0.1) is 0 Å². The van der Waals surface area contributed by atoms with Gasteiger partial charge in [-0.05, 0) is 41.8 Å². The number of aliphatic carboxylic acids is 1. The van der Waals surface area contributed by atoms with E-state index in [1.807, 2.05) is 30.3 Å². The van der Waals surface area contributed by atoms with Gasteiger partial charge in [0.25, 0.3) is 0 Å². The summed E-state index contributed by atoms with van der Waals surface area (Å²) in [6, 6.07) is 15.8. The minimum atomic E-state index is -1.74. The fraction of sp³-hybridized carbons (Fsp3) is 0.100. The van der Waals surface area contributed by atoms with Gasteiger partial charge in [-0.3, -0.25) is 9.59 Å². The molecule has 1 aliphatic carbocycles. The van der Waals surface area contributed by atoms with E-state index in [0.717, 1.165) is 11.1 Å². The summed E-state index contributed by atoms with van der Waals surface area (Å²) < 4.78 is 5.26. The Bertz CT molecular complexity index is 853. The number of hydrogen-bond donors (Lipinski definition) is 2. The number of carbonyl (C=O) groups excluding carboxylic acids is 1. The van der Waals surface area contributed by atoms with E-state index in [1.54, 1.807) is 24.3 Å². The second kappa shape index (κ2) is 6.65. The molecule has 2 aromatic rings. The third-order valence-corrected chi connectivity index (χ3v) is 4.14. The van der Waals surface area contributed by atoms with Crippen LogP contribution in [0.5, 0.6) is 5.75 Å². The average Bonchev–Trinajstić information content (AvgIpc) is 2.64. The first-order valence-electron chi connectivity index (χ1n) is 7.77. The zero-order chi connectivity index (χ0) is 17.9. The van der Waals surface area contributed by atoms with Crippen LogP contribution in [0.1, 0.15) is 12.0 Å². The van der Waals surface area contributed by atoms with Crippen molar-refractivity contribution in [3.05, 3.63) is 78.4 Å². The molecular weight excluding hydrogens is 318 g/mol. The molecule has 5 heteroatoms. The number of rotatable bonds is 4. The number of ether oxygens (including phenoxy) is 1. The van der Waals surface area contributed by atoms with E-state index in [2.05, 4.69) is 0 Å². The van der Waals surface area contributed by atoms with Crippen molar-refractivity contribution in [1.82, 2.24) is 0 Å². The lowest BCUT2D eigenvalue weighted by Gasteiger charge is -2.25. The van der Waals surface area contributed by atoms with E-state index in [1.165, 1.54) is 18.2 Å². The van der Waals surface area contributed by atoms with Gasteiger partial charge in [-0.25, -0.2) is 0 Å². The zero-order valence-electron chi connectivity index (χ0n) is 13.4. The molecule has 0 saturated carbocycles. The molecule has 25 heavy (non-hydrogen) atoms. The lowest BCUT2D eigenvalue weighted by molar-refractivity contribution is -0.158. The van der Waals surface area contributed by atoms with Gasteiger partial charge in [0, 0.05) is 5.69 Å². The van der Waals surface area contributed by atoms with E-state index < -0.39 is 17.4 Å². The zero-order valence-corrected chi connectivity index (χ0v) is 13.4. The number of esters is 1. The van der Waals surface area contributed by atoms with Crippen molar-refractivity contribution in [1.29, 1.82) is 0 Å². The Hall–Kier alpha value is -3.34. The van der Waals surface area contributed by atoms with Crippen LogP contribution in [0.4, 0.5) is 5.69 Å². The van der Waals surface area contributed by atoms with Crippen molar-refractivity contribution in [2.75, 3.05) is 5.73 Å². The first-order valence-corrected chi connectivity index (χ1v) is 7.77. The highest BCUT2D eigenvalue weighted by molar-refractivity contribution is 6.04. The molecule has 1 atom stereocenters. The maximum absolute atomic E-state index is 12.5. The van der Waals surface area contributed by atoms with Crippen molar-refractivity contribution in [3.63, 3.8) is 0 Å². The molecular formula is C20H17NO4. The number of benzene rings is 2. The molecule has 2 aromatic carbocycles. The Balaban J connectivity index is 1.83. The third kappa shape index (κ3) is 3.30. The fourth-order valence-electron chi connectivity index (χ4n) is 2.61. The minimum absolute atomic E-state index is 0.0247. The molecule has 5 nitrogen and oxygen atoms in total. The van der Waals surface area contributed by atoms with Gasteiger partial charge in [0.15, 0.2) is 5.41 Å². The van der Waals surface area contributed by atoms with Gasteiger partial charge in [0.05, 0.1) is 0 Å². The highest BCUT2D eigenvalue weighted by atomic mass is 16.5. The van der Waals surface area contributed by atoms with Crippen LogP contribution in [0.2, 0.25) is 0 Å². The molecule has 126 valence electrons. The van der Waals surface area contributed by atoms with Crippen LogP contribution in [0.3, 0.4) is 0 Å². The van der Waals surface area contributed by atoms with Crippen molar-refractivity contribution >= 4 is 23.2 Å². The lowest BCUT2D eigenvalue weighted by atomic mass is 9.79. The van der Waals surface area contributed by atoms with Crippen LogP contribution in [0.15, 0.2) is 72.8 Å². The maximum atomic E-state index is 12.5. The summed E-state index contributed by atoms with van der Waals surface area (Å²) in [7, 11) is 0. The molecule has 0 radical (unpaired) electrons. The van der Waals surface area contributed by atoms with Crippen LogP contribution < -0.4 is 10.5 Å². The Morgan fingerprint density at radius 2 is 1.72 bits per heavy atom. The second-order valence-electron chi connectivity index (χ2n) is 5.80. The minimum Gasteiger partial charge on any atom is -0.480 e. The number of anilines is 1. The summed E-state index contributed by atoms with van der Waals surface area (Å²) in [5.74, 6) is -1.82. The standard InChI is InChI=1S/C20H17NO4/c21-16-6-8-17(9-7-16)25-19(24)20(18(22)23)12-10-15(11-13-20)14-4-2-1-3-5-14/h1-12H,13,21H2,(H,22,23). The molecule has 0 amide bonds. The largest absolute Gasteiger partial charge is 0.480 e. The Morgan fingerprint density at radius 3 is 2.28 bits per heavy atom. The number of carbonyl (C=O) groups is 2. The Morgan fingerprint density at radius 1 is 1.04 bits per heavy atom. The summed E-state index contributed by atoms with van der Waals surface area (Å²) in [4.78, 5) is 24.3. The van der Waals surface area contributed by atoms with Gasteiger partial charge in [0.1, 0.15) is 5.75 Å². The van der Waals surface area contributed by atoms with Gasteiger partial charge in [-0.1, -0.05) is 48.6 Å². The smallest absolute Gasteiger partial charge is 0.333 e. The van der Waals surface area contributed by atoms with E-state index in [9.17, 15) is 14.7 Å². The summed E-state index contributed by atoms with van der Waals surface area (Å²) in [5, 5.41) is 9.64. The highest BCUT2D eigenvalue weighted by Gasteiger charge is 2.46. The number of nitrogen functional groups attached to an aromatic ring is 1. The summed E-state index contributed by atoms with van der Waals surface area (Å²) in [6.07, 6.45) is 4.82. The molecule has 0 bridgehead atoms. The van der Waals surface area contributed by atoms with E-state index >= 15 is 0 Å². The molecule has 0 spiro atoms. The number of hydrogen-bond acceptors (Lipinski definition) is 4. The molecule has 3 rings (SSSR count). The van der Waals surface area contributed by atoms with Crippen LogP contribution in [0.25, 0.3) is 5.57 Å². The van der Waals surface area contributed by atoms with Crippen molar-refractivity contribution in [2.45, 2.75) is 6.42 Å². The second-order valence-corrected chi connectivity index (χ2v) is 5.80. The van der Waals surface area contributed by atoms with E-state index in [0.29, 0.717) is 5.69 Å². The van der Waals surface area contributed by atoms with Crippen LogP contribution >= 0.6 is 0 Å². The number of carboxylic acid groups (broad SMARTS) is 1. The van der Waals surface area contributed by atoms with Crippen LogP contribution in [0, 0.1) is 5.41 Å². The maximum Gasteiger partial charge on any atom is 0.333 e. The first kappa shape index (κ1) is 16.5. The average molecular weight is 335 g/mol. The SMILES string of the molecule is Nc1ccc(OC(=O)C2(C(=O)O)C=CC(c3ccccc3)=CC2)cc1. The molecule has 1 aliphatic rings. The number of allylic oxidation sites excluding steroid dienone is 3. The molecule has 3 N–H and O–H groups in total. The van der Waals surface area contributed by atoms with Gasteiger partial charge < -0.3 is 15.6 Å². The van der Waals surface area contributed by atoms with Crippen LogP contribution in [-0.4, -0.2) is 17.0 Å². The number of nitrogens with two attached hydrogens (primary N) is 1. The lowest BCUT2D eigenvalue weighted by Crippen LogP contribution is -2.41. The summed E-state index contributed by atoms with van der Waals surface area (Å²) >= 11 is 0. The first-order chi connectivity index (χ1) is 12.0. The van der Waals surface area contributed by atoms with Crippen molar-refractivity contribution < 1.29 is 19.4 Å².